The van der Waals surface area contributed by atoms with E-state index in [9.17, 15) is 4.39 Å². The molecule has 0 aliphatic carbocycles. The van der Waals surface area contributed by atoms with E-state index in [1.807, 2.05) is 24.3 Å². The molecule has 100 valence electrons. The first-order chi connectivity index (χ1) is 9.02. The topological polar surface area (TPSA) is 0 Å². The van der Waals surface area contributed by atoms with Crippen LogP contribution in [0.1, 0.15) is 37.3 Å². The lowest BCUT2D eigenvalue weighted by molar-refractivity contribution is 0.619. The van der Waals surface area contributed by atoms with Gasteiger partial charge in [0, 0.05) is 5.02 Å². The van der Waals surface area contributed by atoms with E-state index in [2.05, 4.69) is 19.9 Å². The second kappa shape index (κ2) is 5.75. The Morgan fingerprint density at radius 2 is 1.89 bits per heavy atom. The van der Waals surface area contributed by atoms with Crippen molar-refractivity contribution in [3.63, 3.8) is 0 Å². The number of hydrogen-bond donors (Lipinski definition) is 0. The van der Waals surface area contributed by atoms with Crippen molar-refractivity contribution < 1.29 is 4.39 Å². The molecule has 0 nitrogen and oxygen atoms in total. The Morgan fingerprint density at radius 3 is 2.53 bits per heavy atom. The van der Waals surface area contributed by atoms with Gasteiger partial charge < -0.3 is 0 Å². The van der Waals surface area contributed by atoms with Crippen molar-refractivity contribution >= 4 is 11.6 Å². The Balaban J connectivity index is 2.59. The molecule has 2 aromatic rings. The van der Waals surface area contributed by atoms with Crippen LogP contribution in [0.2, 0.25) is 5.02 Å². The van der Waals surface area contributed by atoms with Crippen molar-refractivity contribution in [3.05, 3.63) is 58.4 Å². The lowest BCUT2D eigenvalue weighted by atomic mass is 9.89. The summed E-state index contributed by atoms with van der Waals surface area (Å²) >= 11 is 6.11. The summed E-state index contributed by atoms with van der Waals surface area (Å²) in [6.07, 6.45) is 1.06. The highest BCUT2D eigenvalue weighted by Gasteiger charge is 2.12. The summed E-state index contributed by atoms with van der Waals surface area (Å²) in [4.78, 5) is 0. The van der Waals surface area contributed by atoms with Crippen molar-refractivity contribution in [1.82, 2.24) is 0 Å². The van der Waals surface area contributed by atoms with Crippen LogP contribution in [0, 0.1) is 12.7 Å². The van der Waals surface area contributed by atoms with Gasteiger partial charge >= 0.3 is 0 Å². The molecule has 2 rings (SSSR count). The predicted molar refractivity (Wildman–Crippen MR) is 80.3 cm³/mol. The third-order valence-corrected chi connectivity index (χ3v) is 3.86. The van der Waals surface area contributed by atoms with Gasteiger partial charge in [0.2, 0.25) is 0 Å². The third kappa shape index (κ3) is 2.98. The van der Waals surface area contributed by atoms with E-state index in [0.717, 1.165) is 17.5 Å². The second-order valence-corrected chi connectivity index (χ2v) is 5.44. The van der Waals surface area contributed by atoms with Crippen molar-refractivity contribution in [2.75, 3.05) is 0 Å². The smallest absolute Gasteiger partial charge is 0.126 e. The highest BCUT2D eigenvalue weighted by Crippen LogP contribution is 2.33. The predicted octanol–water partition coefficient (Wildman–Crippen LogP) is 5.97. The lowest BCUT2D eigenvalue weighted by Crippen LogP contribution is -1.96. The molecule has 0 N–H and O–H groups in total. The van der Waals surface area contributed by atoms with Crippen LogP contribution in [-0.4, -0.2) is 0 Å². The molecule has 2 heteroatoms. The molecule has 0 saturated carbocycles. The van der Waals surface area contributed by atoms with Gasteiger partial charge in [0.15, 0.2) is 0 Å². The van der Waals surface area contributed by atoms with Crippen LogP contribution < -0.4 is 0 Å². The van der Waals surface area contributed by atoms with Crippen molar-refractivity contribution in [3.8, 4) is 11.1 Å². The summed E-state index contributed by atoms with van der Waals surface area (Å²) in [5.41, 5.74) is 4.05. The lowest BCUT2D eigenvalue weighted by Gasteiger charge is -2.16. The Bertz CT molecular complexity index is 590. The van der Waals surface area contributed by atoms with Crippen molar-refractivity contribution in [1.29, 1.82) is 0 Å². The molecule has 0 bridgehead atoms. The van der Waals surface area contributed by atoms with Gasteiger partial charge in [-0.05, 0) is 65.8 Å². The van der Waals surface area contributed by atoms with Gasteiger partial charge in [-0.15, -0.1) is 0 Å². The van der Waals surface area contributed by atoms with Gasteiger partial charge in [0.25, 0.3) is 0 Å². The monoisotopic (exact) mass is 276 g/mol. The summed E-state index contributed by atoms with van der Waals surface area (Å²) in [6, 6.07) is 11.2. The zero-order valence-corrected chi connectivity index (χ0v) is 12.3. The first kappa shape index (κ1) is 14.1. The molecule has 0 amide bonds. The maximum atomic E-state index is 13.4. The van der Waals surface area contributed by atoms with Crippen molar-refractivity contribution in [2.45, 2.75) is 33.1 Å². The summed E-state index contributed by atoms with van der Waals surface area (Å²) in [7, 11) is 0. The molecule has 0 fully saturated rings. The minimum Gasteiger partial charge on any atom is -0.207 e. The van der Waals surface area contributed by atoms with Crippen LogP contribution in [0.15, 0.2) is 36.4 Å². The molecule has 0 aliphatic rings. The van der Waals surface area contributed by atoms with Crippen LogP contribution in [0.3, 0.4) is 0 Å². The molecule has 2 aromatic carbocycles. The number of aryl methyl sites for hydroxylation is 1. The molecule has 1 unspecified atom stereocenters. The van der Waals surface area contributed by atoms with Crippen molar-refractivity contribution in [2.24, 2.45) is 0 Å². The second-order valence-electron chi connectivity index (χ2n) is 5.00. The van der Waals surface area contributed by atoms with Crippen LogP contribution >= 0.6 is 11.6 Å². The summed E-state index contributed by atoms with van der Waals surface area (Å²) in [5.74, 6) is 0.286. The Hall–Kier alpha value is -1.34. The molecule has 0 heterocycles. The largest absolute Gasteiger partial charge is 0.207 e. The molecule has 0 spiro atoms. The molecule has 0 radical (unpaired) electrons. The first-order valence-electron chi connectivity index (χ1n) is 6.59. The normalized spacial score (nSPS) is 12.5. The van der Waals surface area contributed by atoms with E-state index < -0.39 is 0 Å². The fraction of sp³-hybridized carbons (Fsp3) is 0.294. The van der Waals surface area contributed by atoms with E-state index in [1.165, 1.54) is 11.6 Å². The van der Waals surface area contributed by atoms with Gasteiger partial charge in [-0.3, -0.25) is 0 Å². The van der Waals surface area contributed by atoms with Gasteiger partial charge in [-0.1, -0.05) is 37.6 Å². The van der Waals surface area contributed by atoms with Gasteiger partial charge in [-0.2, -0.15) is 0 Å². The maximum absolute atomic E-state index is 13.4. The average molecular weight is 277 g/mol. The Kier molecular flexibility index (Phi) is 4.26. The van der Waals surface area contributed by atoms with Crippen LogP contribution in [-0.2, 0) is 0 Å². The molecular weight excluding hydrogens is 259 g/mol. The van der Waals surface area contributed by atoms with Gasteiger partial charge in [0.05, 0.1) is 0 Å². The van der Waals surface area contributed by atoms with E-state index in [0.29, 0.717) is 16.5 Å². The molecule has 0 saturated heterocycles. The van der Waals surface area contributed by atoms with Gasteiger partial charge in [-0.25, -0.2) is 4.39 Å². The minimum absolute atomic E-state index is 0.170. The summed E-state index contributed by atoms with van der Waals surface area (Å²) < 4.78 is 13.4. The standard InChI is InChI=1S/C17H18ClF/c1-4-11(2)15-7-6-14(18)10-16(15)13-5-8-17(19)12(3)9-13/h5-11H,4H2,1-3H3. The Morgan fingerprint density at radius 1 is 1.16 bits per heavy atom. The number of hydrogen-bond acceptors (Lipinski definition) is 0. The quantitative estimate of drug-likeness (QED) is 0.648. The zero-order chi connectivity index (χ0) is 14.0. The first-order valence-corrected chi connectivity index (χ1v) is 6.96. The number of halogens is 2. The van der Waals surface area contributed by atoms with E-state index in [1.54, 1.807) is 6.92 Å². The minimum atomic E-state index is -0.170. The molecular formula is C17H18ClF. The number of benzene rings is 2. The van der Waals surface area contributed by atoms with E-state index in [-0.39, 0.29) is 5.82 Å². The van der Waals surface area contributed by atoms with Gasteiger partial charge in [0.1, 0.15) is 5.82 Å². The van der Waals surface area contributed by atoms with Crippen LogP contribution in [0.25, 0.3) is 11.1 Å². The summed E-state index contributed by atoms with van der Waals surface area (Å²) in [6.45, 7) is 6.15. The third-order valence-electron chi connectivity index (χ3n) is 3.63. The molecule has 0 aromatic heterocycles. The zero-order valence-electron chi connectivity index (χ0n) is 11.5. The maximum Gasteiger partial charge on any atom is 0.126 e. The highest BCUT2D eigenvalue weighted by atomic mass is 35.5. The number of rotatable bonds is 3. The molecule has 0 aliphatic heterocycles. The Labute approximate surface area is 119 Å². The van der Waals surface area contributed by atoms with Crippen LogP contribution in [0.4, 0.5) is 4.39 Å². The molecule has 1 atom stereocenters. The molecule has 19 heavy (non-hydrogen) atoms. The van der Waals surface area contributed by atoms with Crippen LogP contribution in [0.5, 0.6) is 0 Å². The van der Waals surface area contributed by atoms with E-state index in [4.69, 9.17) is 11.6 Å². The fourth-order valence-electron chi connectivity index (χ4n) is 2.24. The average Bonchev–Trinajstić information content (AvgIpc) is 2.41. The fourth-order valence-corrected chi connectivity index (χ4v) is 2.41. The SMILES string of the molecule is CCC(C)c1ccc(Cl)cc1-c1ccc(F)c(C)c1. The summed E-state index contributed by atoms with van der Waals surface area (Å²) in [5, 5.41) is 0.712. The van der Waals surface area contributed by atoms with E-state index >= 15 is 0 Å². The highest BCUT2D eigenvalue weighted by molar-refractivity contribution is 6.30.